The molecule has 4 rings (SSSR count). The monoisotopic (exact) mass is 281 g/mol. The summed E-state index contributed by atoms with van der Waals surface area (Å²) in [5.74, 6) is 1.27. The molecule has 0 bridgehead atoms. The molecule has 0 unspecified atom stereocenters. The van der Waals surface area contributed by atoms with E-state index in [1.54, 1.807) is 30.9 Å². The Labute approximate surface area is 122 Å². The average Bonchev–Trinajstić information content (AvgIpc) is 3.09. The van der Waals surface area contributed by atoms with Gasteiger partial charge in [-0.05, 0) is 18.2 Å². The van der Waals surface area contributed by atoms with Gasteiger partial charge in [-0.3, -0.25) is 9.78 Å². The summed E-state index contributed by atoms with van der Waals surface area (Å²) in [6.45, 7) is 2.28. The number of carbonyl (C=O) groups is 1. The summed E-state index contributed by atoms with van der Waals surface area (Å²) in [6.07, 6.45) is 6.94. The number of amides is 1. The topological polar surface area (TPSA) is 62.2 Å². The van der Waals surface area contributed by atoms with E-state index in [-0.39, 0.29) is 11.8 Å². The number of aromatic nitrogens is 3. The standard InChI is InChI=1S/C15H15N5O/c21-14-13-10-19(15-17-5-2-6-18-15)8-11(13)9-20(14)12-3-1-4-16-7-12/h1-7,11,13H,8-10H2/t11-,13-/m0/s1. The van der Waals surface area contributed by atoms with Gasteiger partial charge in [-0.25, -0.2) is 9.97 Å². The number of fused-ring (bicyclic) bond motifs is 1. The van der Waals surface area contributed by atoms with E-state index in [1.165, 1.54) is 0 Å². The first kappa shape index (κ1) is 12.3. The summed E-state index contributed by atoms with van der Waals surface area (Å²) in [5, 5.41) is 0. The van der Waals surface area contributed by atoms with Crippen molar-refractivity contribution < 1.29 is 4.79 Å². The van der Waals surface area contributed by atoms with Gasteiger partial charge < -0.3 is 9.80 Å². The fourth-order valence-electron chi connectivity index (χ4n) is 3.22. The number of nitrogens with zero attached hydrogens (tertiary/aromatic N) is 5. The van der Waals surface area contributed by atoms with Crippen molar-refractivity contribution in [2.75, 3.05) is 29.4 Å². The lowest BCUT2D eigenvalue weighted by Crippen LogP contribution is -2.33. The molecule has 2 aliphatic heterocycles. The maximum Gasteiger partial charge on any atom is 0.232 e. The Morgan fingerprint density at radius 3 is 2.62 bits per heavy atom. The van der Waals surface area contributed by atoms with Crippen LogP contribution >= 0.6 is 0 Å². The SMILES string of the molecule is O=C1[C@H]2CN(c3ncccn3)C[C@H]2CN1c1cccnc1. The highest BCUT2D eigenvalue weighted by atomic mass is 16.2. The molecule has 2 aromatic heterocycles. The maximum atomic E-state index is 12.6. The number of anilines is 2. The molecule has 1 amide bonds. The highest BCUT2D eigenvalue weighted by Gasteiger charge is 2.47. The van der Waals surface area contributed by atoms with Crippen LogP contribution in [0.1, 0.15) is 0 Å². The third-order valence-corrected chi connectivity index (χ3v) is 4.23. The van der Waals surface area contributed by atoms with E-state index >= 15 is 0 Å². The maximum absolute atomic E-state index is 12.6. The van der Waals surface area contributed by atoms with Crippen molar-refractivity contribution in [3.05, 3.63) is 43.0 Å². The first-order valence-corrected chi connectivity index (χ1v) is 7.06. The molecule has 2 fully saturated rings. The van der Waals surface area contributed by atoms with Crippen molar-refractivity contribution in [1.29, 1.82) is 0 Å². The van der Waals surface area contributed by atoms with Crippen LogP contribution in [0.5, 0.6) is 0 Å². The van der Waals surface area contributed by atoms with E-state index < -0.39 is 0 Å². The molecule has 0 N–H and O–H groups in total. The number of carbonyl (C=O) groups excluding carboxylic acids is 1. The Balaban J connectivity index is 1.53. The second-order valence-corrected chi connectivity index (χ2v) is 5.48. The minimum absolute atomic E-state index is 0.0361. The van der Waals surface area contributed by atoms with Crippen molar-refractivity contribution in [3.63, 3.8) is 0 Å². The molecule has 0 spiro atoms. The van der Waals surface area contributed by atoms with Gasteiger partial charge in [-0.2, -0.15) is 0 Å². The van der Waals surface area contributed by atoms with Crippen LogP contribution in [0.3, 0.4) is 0 Å². The van der Waals surface area contributed by atoms with E-state index in [2.05, 4.69) is 19.9 Å². The smallest absolute Gasteiger partial charge is 0.232 e. The largest absolute Gasteiger partial charge is 0.340 e. The van der Waals surface area contributed by atoms with E-state index in [4.69, 9.17) is 0 Å². The van der Waals surface area contributed by atoms with Gasteiger partial charge in [-0.15, -0.1) is 0 Å². The van der Waals surface area contributed by atoms with Gasteiger partial charge in [0.15, 0.2) is 0 Å². The van der Waals surface area contributed by atoms with Crippen LogP contribution in [-0.2, 0) is 4.79 Å². The molecule has 0 saturated carbocycles. The lowest BCUT2D eigenvalue weighted by Gasteiger charge is -2.21. The first-order chi connectivity index (χ1) is 10.3. The van der Waals surface area contributed by atoms with Crippen LogP contribution in [0.4, 0.5) is 11.6 Å². The first-order valence-electron chi connectivity index (χ1n) is 7.06. The lowest BCUT2D eigenvalue weighted by molar-refractivity contribution is -0.120. The van der Waals surface area contributed by atoms with E-state index in [0.717, 1.165) is 18.8 Å². The van der Waals surface area contributed by atoms with Crippen molar-refractivity contribution >= 4 is 17.5 Å². The summed E-state index contributed by atoms with van der Waals surface area (Å²) in [4.78, 5) is 29.2. The molecule has 2 saturated heterocycles. The fourth-order valence-corrected chi connectivity index (χ4v) is 3.22. The van der Waals surface area contributed by atoms with Gasteiger partial charge >= 0.3 is 0 Å². The van der Waals surface area contributed by atoms with Crippen LogP contribution in [0, 0.1) is 11.8 Å². The summed E-state index contributed by atoms with van der Waals surface area (Å²) in [5.41, 5.74) is 0.888. The van der Waals surface area contributed by atoms with Gasteiger partial charge in [0.05, 0.1) is 17.8 Å². The zero-order chi connectivity index (χ0) is 14.2. The van der Waals surface area contributed by atoms with E-state index in [1.807, 2.05) is 17.0 Å². The Bertz CT molecular complexity index is 648. The van der Waals surface area contributed by atoms with Crippen molar-refractivity contribution in [2.45, 2.75) is 0 Å². The zero-order valence-corrected chi connectivity index (χ0v) is 11.5. The highest BCUT2D eigenvalue weighted by molar-refractivity contribution is 5.98. The van der Waals surface area contributed by atoms with Crippen molar-refractivity contribution in [3.8, 4) is 0 Å². The predicted octanol–water partition coefficient (Wildman–Crippen LogP) is 0.971. The minimum atomic E-state index is 0.0361. The molecule has 0 aromatic carbocycles. The molecule has 106 valence electrons. The molecule has 2 atom stereocenters. The molecule has 4 heterocycles. The highest BCUT2D eigenvalue weighted by Crippen LogP contribution is 2.35. The van der Waals surface area contributed by atoms with Gasteiger partial charge in [-0.1, -0.05) is 0 Å². The van der Waals surface area contributed by atoms with Crippen molar-refractivity contribution in [2.24, 2.45) is 11.8 Å². The minimum Gasteiger partial charge on any atom is -0.340 e. The Morgan fingerprint density at radius 2 is 1.90 bits per heavy atom. The number of pyridine rings is 1. The van der Waals surface area contributed by atoms with E-state index in [0.29, 0.717) is 18.4 Å². The van der Waals surface area contributed by atoms with Gasteiger partial charge in [0.25, 0.3) is 0 Å². The molecule has 0 aliphatic carbocycles. The quantitative estimate of drug-likeness (QED) is 0.821. The number of hydrogen-bond donors (Lipinski definition) is 0. The molecule has 6 heteroatoms. The van der Waals surface area contributed by atoms with Crippen LogP contribution in [-0.4, -0.2) is 40.5 Å². The van der Waals surface area contributed by atoms with Crippen LogP contribution in [0.25, 0.3) is 0 Å². The fraction of sp³-hybridized carbons (Fsp3) is 0.333. The normalized spacial score (nSPS) is 24.5. The number of rotatable bonds is 2. The van der Waals surface area contributed by atoms with E-state index in [9.17, 15) is 4.79 Å². The van der Waals surface area contributed by atoms with Gasteiger partial charge in [0.1, 0.15) is 0 Å². The zero-order valence-electron chi connectivity index (χ0n) is 11.5. The Morgan fingerprint density at radius 1 is 1.05 bits per heavy atom. The number of hydrogen-bond acceptors (Lipinski definition) is 5. The van der Waals surface area contributed by atoms with Crippen LogP contribution in [0.2, 0.25) is 0 Å². The molecule has 6 nitrogen and oxygen atoms in total. The molecule has 0 radical (unpaired) electrons. The molecular formula is C15H15N5O. The molecule has 21 heavy (non-hydrogen) atoms. The second kappa shape index (κ2) is 4.80. The Kier molecular flexibility index (Phi) is 2.80. The predicted molar refractivity (Wildman–Crippen MR) is 77.8 cm³/mol. The van der Waals surface area contributed by atoms with Crippen LogP contribution in [0.15, 0.2) is 43.0 Å². The summed E-state index contributed by atoms with van der Waals surface area (Å²) < 4.78 is 0. The molecule has 2 aliphatic rings. The molecule has 2 aromatic rings. The van der Waals surface area contributed by atoms with Gasteiger partial charge in [0.2, 0.25) is 11.9 Å². The average molecular weight is 281 g/mol. The molecular weight excluding hydrogens is 266 g/mol. The van der Waals surface area contributed by atoms with Gasteiger partial charge in [0, 0.05) is 44.1 Å². The van der Waals surface area contributed by atoms with Crippen molar-refractivity contribution in [1.82, 2.24) is 15.0 Å². The summed E-state index contributed by atoms with van der Waals surface area (Å²) in [6, 6.07) is 5.60. The summed E-state index contributed by atoms with van der Waals surface area (Å²) >= 11 is 0. The lowest BCUT2D eigenvalue weighted by atomic mass is 10.0. The third-order valence-electron chi connectivity index (χ3n) is 4.23. The second-order valence-electron chi connectivity index (χ2n) is 5.48. The Hall–Kier alpha value is -2.50. The summed E-state index contributed by atoms with van der Waals surface area (Å²) in [7, 11) is 0. The van der Waals surface area contributed by atoms with Crippen LogP contribution < -0.4 is 9.80 Å². The third kappa shape index (κ3) is 2.03.